The summed E-state index contributed by atoms with van der Waals surface area (Å²) in [5.74, 6) is 1.05. The van der Waals surface area contributed by atoms with Crippen molar-refractivity contribution >= 4 is 0 Å². The van der Waals surface area contributed by atoms with Crippen LogP contribution in [0.25, 0.3) is 0 Å². The van der Waals surface area contributed by atoms with Gasteiger partial charge in [-0.1, -0.05) is 39.0 Å². The molecule has 0 aromatic heterocycles. The SMILES string of the molecule is CN1CC(Oc2ccccc2C(C)(C)C)C1. The molecule has 0 amide bonds. The maximum Gasteiger partial charge on any atom is 0.124 e. The summed E-state index contributed by atoms with van der Waals surface area (Å²) < 4.78 is 6.04. The Labute approximate surface area is 98.2 Å². The number of likely N-dealkylation sites (tertiary alicyclic amines) is 1. The van der Waals surface area contributed by atoms with Crippen LogP contribution in [0.3, 0.4) is 0 Å². The monoisotopic (exact) mass is 219 g/mol. The third-order valence-corrected chi connectivity index (χ3v) is 3.02. The highest BCUT2D eigenvalue weighted by atomic mass is 16.5. The molecule has 1 aromatic rings. The van der Waals surface area contributed by atoms with E-state index in [1.807, 2.05) is 6.07 Å². The summed E-state index contributed by atoms with van der Waals surface area (Å²) in [5.41, 5.74) is 1.44. The third kappa shape index (κ3) is 2.38. The number of ether oxygens (including phenoxy) is 1. The summed E-state index contributed by atoms with van der Waals surface area (Å²) in [5, 5.41) is 0. The normalized spacial score (nSPS) is 18.2. The van der Waals surface area contributed by atoms with Gasteiger partial charge in [-0.05, 0) is 24.1 Å². The van der Waals surface area contributed by atoms with E-state index in [0.717, 1.165) is 18.8 Å². The van der Waals surface area contributed by atoms with E-state index in [0.29, 0.717) is 6.10 Å². The van der Waals surface area contributed by atoms with E-state index in [-0.39, 0.29) is 5.41 Å². The second-order valence-electron chi connectivity index (χ2n) is 5.71. The lowest BCUT2D eigenvalue weighted by Gasteiger charge is -2.37. The van der Waals surface area contributed by atoms with Crippen LogP contribution < -0.4 is 4.74 Å². The van der Waals surface area contributed by atoms with E-state index in [4.69, 9.17) is 4.74 Å². The number of rotatable bonds is 2. The fourth-order valence-corrected chi connectivity index (χ4v) is 2.08. The van der Waals surface area contributed by atoms with Gasteiger partial charge in [0.05, 0.1) is 0 Å². The van der Waals surface area contributed by atoms with E-state index in [1.54, 1.807) is 0 Å². The van der Waals surface area contributed by atoms with Crippen LogP contribution in [0, 0.1) is 0 Å². The number of para-hydroxylation sites is 1. The largest absolute Gasteiger partial charge is 0.487 e. The number of hydrogen-bond donors (Lipinski definition) is 0. The Morgan fingerprint density at radius 2 is 1.81 bits per heavy atom. The lowest BCUT2D eigenvalue weighted by Crippen LogP contribution is -2.51. The van der Waals surface area contributed by atoms with Gasteiger partial charge >= 0.3 is 0 Å². The van der Waals surface area contributed by atoms with Crippen LogP contribution in [0.4, 0.5) is 0 Å². The maximum absolute atomic E-state index is 6.04. The Morgan fingerprint density at radius 1 is 1.19 bits per heavy atom. The Hall–Kier alpha value is -1.02. The Kier molecular flexibility index (Phi) is 2.94. The Morgan fingerprint density at radius 3 is 2.38 bits per heavy atom. The predicted molar refractivity (Wildman–Crippen MR) is 67.1 cm³/mol. The van der Waals surface area contributed by atoms with Gasteiger partial charge in [0.15, 0.2) is 0 Å². The molecule has 0 bridgehead atoms. The Bertz CT molecular complexity index is 361. The van der Waals surface area contributed by atoms with Gasteiger partial charge in [0, 0.05) is 13.1 Å². The third-order valence-electron chi connectivity index (χ3n) is 3.02. The highest BCUT2D eigenvalue weighted by Gasteiger charge is 2.27. The van der Waals surface area contributed by atoms with E-state index in [1.165, 1.54) is 5.56 Å². The molecule has 2 heteroatoms. The molecule has 0 saturated carbocycles. The molecule has 16 heavy (non-hydrogen) atoms. The smallest absolute Gasteiger partial charge is 0.124 e. The van der Waals surface area contributed by atoms with Crippen LogP contribution in [-0.2, 0) is 5.41 Å². The number of hydrogen-bond acceptors (Lipinski definition) is 2. The quantitative estimate of drug-likeness (QED) is 0.758. The Balaban J connectivity index is 2.14. The van der Waals surface area contributed by atoms with Gasteiger partial charge in [-0.25, -0.2) is 0 Å². The number of benzene rings is 1. The second kappa shape index (κ2) is 4.10. The van der Waals surface area contributed by atoms with Crippen molar-refractivity contribution in [3.05, 3.63) is 29.8 Å². The van der Waals surface area contributed by atoms with E-state index < -0.39 is 0 Å². The van der Waals surface area contributed by atoms with Crippen LogP contribution >= 0.6 is 0 Å². The zero-order valence-electron chi connectivity index (χ0n) is 10.7. The lowest BCUT2D eigenvalue weighted by molar-refractivity contribution is 0.0375. The second-order valence-corrected chi connectivity index (χ2v) is 5.71. The van der Waals surface area contributed by atoms with Gasteiger partial charge in [-0.15, -0.1) is 0 Å². The molecule has 0 radical (unpaired) electrons. The molecule has 2 rings (SSSR count). The molecule has 0 N–H and O–H groups in total. The van der Waals surface area contributed by atoms with Crippen LogP contribution in [-0.4, -0.2) is 31.1 Å². The first-order valence-electron chi connectivity index (χ1n) is 5.91. The number of nitrogens with zero attached hydrogens (tertiary/aromatic N) is 1. The van der Waals surface area contributed by atoms with Crippen molar-refractivity contribution in [2.24, 2.45) is 0 Å². The van der Waals surface area contributed by atoms with E-state index in [2.05, 4.69) is 50.9 Å². The van der Waals surface area contributed by atoms with Crippen molar-refractivity contribution in [3.63, 3.8) is 0 Å². The molecule has 0 aliphatic carbocycles. The van der Waals surface area contributed by atoms with E-state index >= 15 is 0 Å². The van der Waals surface area contributed by atoms with Gasteiger partial charge in [-0.3, -0.25) is 4.90 Å². The number of likely N-dealkylation sites (N-methyl/N-ethyl adjacent to an activating group) is 1. The molecule has 1 saturated heterocycles. The highest BCUT2D eigenvalue weighted by Crippen LogP contribution is 2.32. The zero-order chi connectivity index (χ0) is 11.8. The van der Waals surface area contributed by atoms with Crippen molar-refractivity contribution < 1.29 is 4.74 Å². The molecule has 88 valence electrons. The first-order valence-corrected chi connectivity index (χ1v) is 5.91. The average molecular weight is 219 g/mol. The van der Waals surface area contributed by atoms with Crippen LogP contribution in [0.5, 0.6) is 5.75 Å². The zero-order valence-corrected chi connectivity index (χ0v) is 10.7. The van der Waals surface area contributed by atoms with Gasteiger partial charge in [0.1, 0.15) is 11.9 Å². The first kappa shape index (κ1) is 11.5. The maximum atomic E-state index is 6.04. The van der Waals surface area contributed by atoms with E-state index in [9.17, 15) is 0 Å². The summed E-state index contributed by atoms with van der Waals surface area (Å²) in [7, 11) is 2.12. The summed E-state index contributed by atoms with van der Waals surface area (Å²) in [6.45, 7) is 8.75. The van der Waals surface area contributed by atoms with Gasteiger partial charge in [0.2, 0.25) is 0 Å². The van der Waals surface area contributed by atoms with Crippen LogP contribution in [0.15, 0.2) is 24.3 Å². The highest BCUT2D eigenvalue weighted by molar-refractivity contribution is 5.38. The summed E-state index contributed by atoms with van der Waals surface area (Å²) >= 11 is 0. The fourth-order valence-electron chi connectivity index (χ4n) is 2.08. The lowest BCUT2D eigenvalue weighted by atomic mass is 9.86. The van der Waals surface area contributed by atoms with Crippen LogP contribution in [0.1, 0.15) is 26.3 Å². The molecular formula is C14H21NO. The molecule has 2 nitrogen and oxygen atoms in total. The first-order chi connectivity index (χ1) is 7.47. The summed E-state index contributed by atoms with van der Waals surface area (Å²) in [6.07, 6.45) is 0.369. The topological polar surface area (TPSA) is 12.5 Å². The summed E-state index contributed by atoms with van der Waals surface area (Å²) in [4.78, 5) is 2.27. The van der Waals surface area contributed by atoms with Crippen molar-refractivity contribution in [2.75, 3.05) is 20.1 Å². The van der Waals surface area contributed by atoms with Gasteiger partial charge < -0.3 is 4.74 Å². The van der Waals surface area contributed by atoms with Gasteiger partial charge in [0.25, 0.3) is 0 Å². The minimum atomic E-state index is 0.145. The molecule has 1 fully saturated rings. The fraction of sp³-hybridized carbons (Fsp3) is 0.571. The molecule has 0 spiro atoms. The predicted octanol–water partition coefficient (Wildman–Crippen LogP) is 2.68. The minimum Gasteiger partial charge on any atom is -0.487 e. The molecule has 1 aliphatic heterocycles. The molecule has 0 unspecified atom stereocenters. The van der Waals surface area contributed by atoms with Crippen molar-refractivity contribution in [3.8, 4) is 5.75 Å². The standard InChI is InChI=1S/C14H21NO/c1-14(2,3)12-7-5-6-8-13(12)16-11-9-15(4)10-11/h5-8,11H,9-10H2,1-4H3. The van der Waals surface area contributed by atoms with Crippen molar-refractivity contribution in [1.82, 2.24) is 4.90 Å². The van der Waals surface area contributed by atoms with Crippen molar-refractivity contribution in [2.45, 2.75) is 32.3 Å². The molecular weight excluding hydrogens is 198 g/mol. The average Bonchev–Trinajstić information content (AvgIpc) is 2.14. The van der Waals surface area contributed by atoms with Crippen molar-refractivity contribution in [1.29, 1.82) is 0 Å². The van der Waals surface area contributed by atoms with Gasteiger partial charge in [-0.2, -0.15) is 0 Å². The minimum absolute atomic E-state index is 0.145. The summed E-state index contributed by atoms with van der Waals surface area (Å²) in [6, 6.07) is 8.38. The molecule has 0 atom stereocenters. The molecule has 1 aromatic carbocycles. The molecule has 1 heterocycles. The molecule has 1 aliphatic rings. The van der Waals surface area contributed by atoms with Crippen LogP contribution in [0.2, 0.25) is 0 Å².